The van der Waals surface area contributed by atoms with Crippen LogP contribution >= 0.6 is 11.3 Å². The lowest BCUT2D eigenvalue weighted by Crippen LogP contribution is -2.37. The van der Waals surface area contributed by atoms with Crippen LogP contribution in [0.25, 0.3) is 21.6 Å². The van der Waals surface area contributed by atoms with Crippen molar-refractivity contribution in [3.05, 3.63) is 98.8 Å². The summed E-state index contributed by atoms with van der Waals surface area (Å²) in [5.74, 6) is -1.23. The van der Waals surface area contributed by atoms with Crippen LogP contribution in [0, 0.1) is 0 Å². The molecule has 0 aliphatic carbocycles. The molecule has 1 aliphatic heterocycles. The Morgan fingerprint density at radius 2 is 1.73 bits per heavy atom. The molecule has 37 heavy (non-hydrogen) atoms. The van der Waals surface area contributed by atoms with Crippen molar-refractivity contribution in [3.8, 4) is 0 Å². The number of fused-ring (bicyclic) bond motifs is 4. The van der Waals surface area contributed by atoms with Gasteiger partial charge in [0.05, 0.1) is 27.9 Å². The molecule has 0 atom stereocenters. The smallest absolute Gasteiger partial charge is 0.325 e. The maximum absolute atomic E-state index is 13.5. The second-order valence-corrected chi connectivity index (χ2v) is 9.34. The van der Waals surface area contributed by atoms with Crippen molar-refractivity contribution in [3.63, 3.8) is 0 Å². The van der Waals surface area contributed by atoms with Crippen LogP contribution in [0.4, 0.5) is 24.5 Å². The molecule has 3 heterocycles. The number of aromatic nitrogens is 2. The number of anilines is 2. The van der Waals surface area contributed by atoms with Crippen molar-refractivity contribution in [2.24, 2.45) is 0 Å². The minimum Gasteiger partial charge on any atom is -0.325 e. The normalized spacial score (nSPS) is 15.0. The van der Waals surface area contributed by atoms with E-state index in [9.17, 15) is 27.6 Å². The number of para-hydroxylation sites is 3. The number of hydrogen-bond acceptors (Lipinski definition) is 5. The van der Waals surface area contributed by atoms with Gasteiger partial charge < -0.3 is 5.32 Å². The zero-order valence-corrected chi connectivity index (χ0v) is 19.6. The average Bonchev–Trinajstić information content (AvgIpc) is 3.47. The number of rotatable bonds is 3. The molecule has 1 aliphatic rings. The van der Waals surface area contributed by atoms with Crippen LogP contribution in [-0.4, -0.2) is 27.7 Å². The molecule has 184 valence electrons. The topological polar surface area (TPSA) is 83.8 Å². The highest BCUT2D eigenvalue weighted by molar-refractivity contribution is 7.15. The fraction of sp³-hybridized carbons (Fsp3) is 0.0769. The maximum Gasteiger partial charge on any atom is 0.416 e. The quantitative estimate of drug-likeness (QED) is 0.392. The van der Waals surface area contributed by atoms with Gasteiger partial charge >= 0.3 is 6.18 Å². The van der Waals surface area contributed by atoms with Gasteiger partial charge in [-0.25, -0.2) is 9.38 Å². The highest BCUT2D eigenvalue weighted by Crippen LogP contribution is 2.35. The van der Waals surface area contributed by atoms with Crippen LogP contribution in [0.2, 0.25) is 0 Å². The highest BCUT2D eigenvalue weighted by atomic mass is 32.1. The molecule has 1 N–H and O–H groups in total. The monoisotopic (exact) mass is 520 g/mol. The molecule has 11 heteroatoms. The fourth-order valence-electron chi connectivity index (χ4n) is 4.44. The van der Waals surface area contributed by atoms with E-state index in [1.807, 2.05) is 6.07 Å². The van der Waals surface area contributed by atoms with Crippen molar-refractivity contribution >= 4 is 56.1 Å². The molecule has 0 saturated carbocycles. The number of amides is 2. The minimum atomic E-state index is -4.56. The Morgan fingerprint density at radius 1 is 0.973 bits per heavy atom. The Bertz CT molecular complexity index is 1860. The molecule has 0 spiro atoms. The van der Waals surface area contributed by atoms with E-state index >= 15 is 0 Å². The van der Waals surface area contributed by atoms with E-state index in [4.69, 9.17) is 0 Å². The third-order valence-corrected chi connectivity index (χ3v) is 7.09. The van der Waals surface area contributed by atoms with Crippen LogP contribution in [0.5, 0.6) is 0 Å². The minimum absolute atomic E-state index is 0.0443. The molecule has 0 bridgehead atoms. The predicted octanol–water partition coefficient (Wildman–Crippen LogP) is 3.83. The van der Waals surface area contributed by atoms with Crippen molar-refractivity contribution in [1.82, 2.24) is 9.38 Å². The molecule has 6 rings (SSSR count). The lowest BCUT2D eigenvalue weighted by Gasteiger charge is -2.17. The van der Waals surface area contributed by atoms with Crippen molar-refractivity contribution < 1.29 is 22.8 Å². The summed E-state index contributed by atoms with van der Waals surface area (Å²) >= 11 is 1.09. The average molecular weight is 520 g/mol. The van der Waals surface area contributed by atoms with Gasteiger partial charge in [-0.3, -0.25) is 19.3 Å². The highest BCUT2D eigenvalue weighted by Gasteiger charge is 2.35. The number of thiazole rings is 1. The summed E-state index contributed by atoms with van der Waals surface area (Å²) < 4.78 is 40.7. The third kappa shape index (κ3) is 3.75. The van der Waals surface area contributed by atoms with Crippen LogP contribution < -0.4 is 20.3 Å². The van der Waals surface area contributed by atoms with E-state index in [0.717, 1.165) is 23.5 Å². The molecule has 2 aromatic heterocycles. The molecule has 0 fully saturated rings. The Labute approximate surface area is 210 Å². The number of benzene rings is 3. The number of nitrogens with one attached hydrogen (secondary N) is 1. The lowest BCUT2D eigenvalue weighted by molar-refractivity contribution is -0.137. The molecule has 0 radical (unpaired) electrons. The van der Waals surface area contributed by atoms with Crippen molar-refractivity contribution in [1.29, 1.82) is 0 Å². The fourth-order valence-corrected chi connectivity index (χ4v) is 5.51. The third-order valence-electron chi connectivity index (χ3n) is 6.05. The molecule has 7 nitrogen and oxygen atoms in total. The number of carbonyl (C=O) groups is 2. The van der Waals surface area contributed by atoms with Gasteiger partial charge in [-0.05, 0) is 36.4 Å². The lowest BCUT2D eigenvalue weighted by atomic mass is 10.1. The molecular weight excluding hydrogens is 505 g/mol. The van der Waals surface area contributed by atoms with Gasteiger partial charge in [0, 0.05) is 11.3 Å². The van der Waals surface area contributed by atoms with Crippen molar-refractivity contribution in [2.75, 3.05) is 16.8 Å². The summed E-state index contributed by atoms with van der Waals surface area (Å²) in [5.41, 5.74) is 1.03. The van der Waals surface area contributed by atoms with Gasteiger partial charge in [-0.2, -0.15) is 13.2 Å². The number of alkyl halides is 3. The number of nitrogens with zero attached hydrogens (tertiary/aromatic N) is 3. The molecule has 3 aromatic carbocycles. The van der Waals surface area contributed by atoms with Crippen LogP contribution in [0.1, 0.15) is 11.1 Å². The summed E-state index contributed by atoms with van der Waals surface area (Å²) in [4.78, 5) is 45.9. The van der Waals surface area contributed by atoms with Crippen LogP contribution in [0.3, 0.4) is 0 Å². The van der Waals surface area contributed by atoms with Crippen molar-refractivity contribution in [2.45, 2.75) is 6.18 Å². The van der Waals surface area contributed by atoms with Crippen LogP contribution in [-0.2, 0) is 15.8 Å². The summed E-state index contributed by atoms with van der Waals surface area (Å²) in [7, 11) is 0. The van der Waals surface area contributed by atoms with E-state index in [1.165, 1.54) is 21.4 Å². The van der Waals surface area contributed by atoms with E-state index in [1.54, 1.807) is 42.5 Å². The zero-order valence-electron chi connectivity index (χ0n) is 18.7. The molecular formula is C26H15F3N4O3S. The summed E-state index contributed by atoms with van der Waals surface area (Å²) in [6.45, 7) is -0.449. The Hall–Kier alpha value is -4.51. The van der Waals surface area contributed by atoms with Gasteiger partial charge in [0.2, 0.25) is 5.91 Å². The predicted molar refractivity (Wildman–Crippen MR) is 133 cm³/mol. The zero-order chi connectivity index (χ0) is 25.9. The maximum atomic E-state index is 13.5. The first-order valence-corrected chi connectivity index (χ1v) is 11.9. The molecule has 0 unspecified atom stereocenters. The Balaban J connectivity index is 1.39. The summed E-state index contributed by atoms with van der Waals surface area (Å²) in [6, 6.07) is 18.2. The van der Waals surface area contributed by atoms with Crippen LogP contribution in [0.15, 0.2) is 77.6 Å². The number of halogens is 3. The summed E-state index contributed by atoms with van der Waals surface area (Å²) in [5, 5.41) is 2.42. The van der Waals surface area contributed by atoms with Gasteiger partial charge in [-0.15, -0.1) is 0 Å². The van der Waals surface area contributed by atoms with Gasteiger partial charge in [0.1, 0.15) is 11.1 Å². The number of imidazole rings is 1. The second kappa shape index (κ2) is 8.27. The molecule has 0 saturated heterocycles. The largest absolute Gasteiger partial charge is 0.416 e. The first-order chi connectivity index (χ1) is 17.7. The first kappa shape index (κ1) is 22.9. The van der Waals surface area contributed by atoms with Gasteiger partial charge in [0.25, 0.3) is 11.5 Å². The van der Waals surface area contributed by atoms with E-state index < -0.39 is 30.1 Å². The number of hydrogen-bond donors (Lipinski definition) is 1. The molecule has 5 aromatic rings. The van der Waals surface area contributed by atoms with Gasteiger partial charge in [-0.1, -0.05) is 47.7 Å². The number of carbonyl (C=O) groups excluding carboxylic acids is 2. The second-order valence-electron chi connectivity index (χ2n) is 8.37. The van der Waals surface area contributed by atoms with E-state index in [0.29, 0.717) is 27.2 Å². The Kier molecular flexibility index (Phi) is 5.12. The SMILES string of the molecule is O=C(CN1C(=O)/C(=c2\sc3nc4ccccc4n3c2=O)c2ccccc21)Nc1cccc(C(F)(F)F)c1. The van der Waals surface area contributed by atoms with E-state index in [2.05, 4.69) is 10.3 Å². The first-order valence-electron chi connectivity index (χ1n) is 11.0. The van der Waals surface area contributed by atoms with Gasteiger partial charge in [0.15, 0.2) is 4.96 Å². The standard InChI is InChI=1S/C26H15F3N4O3S/c27-26(28,29)14-6-5-7-15(12-14)30-20(34)13-32-18-10-3-1-8-16(18)21(23(32)35)22-24(36)33-19-11-4-2-9-17(19)31-25(33)37-22/h1-12H,13H2,(H,30,34)/b22-21-. The summed E-state index contributed by atoms with van der Waals surface area (Å²) in [6.07, 6.45) is -4.56. The Morgan fingerprint density at radius 3 is 2.54 bits per heavy atom. The van der Waals surface area contributed by atoms with E-state index in [-0.39, 0.29) is 21.4 Å². The molecule has 2 amide bonds.